The average Bonchev–Trinajstić information content (AvgIpc) is 2.22. The quantitative estimate of drug-likeness (QED) is 0.619. The zero-order valence-corrected chi connectivity index (χ0v) is 11.3. The fraction of sp³-hybridized carbons (Fsp3) is 0.400. The summed E-state index contributed by atoms with van der Waals surface area (Å²) < 4.78 is 5.36. The van der Waals surface area contributed by atoms with E-state index in [9.17, 15) is 4.79 Å². The van der Waals surface area contributed by atoms with Crippen molar-refractivity contribution in [3.63, 3.8) is 0 Å². The highest BCUT2D eigenvalue weighted by atomic mass is 16.4. The second-order valence-corrected chi connectivity index (χ2v) is 5.99. The molecule has 3 heteroatoms. The fourth-order valence-electron chi connectivity index (χ4n) is 2.15. The average molecular weight is 245 g/mol. The molecule has 0 aliphatic heterocycles. The molecular weight excluding hydrogens is 226 g/mol. The number of anilines is 1. The molecule has 1 aromatic carbocycles. The Labute approximate surface area is 107 Å². The van der Waals surface area contributed by atoms with Gasteiger partial charge in [0.2, 0.25) is 0 Å². The molecule has 0 bridgehead atoms. The zero-order chi connectivity index (χ0) is 13.5. The van der Waals surface area contributed by atoms with Crippen LogP contribution in [0.4, 0.5) is 5.69 Å². The molecule has 0 fully saturated rings. The summed E-state index contributed by atoms with van der Waals surface area (Å²) in [7, 11) is 0. The standard InChI is InChI=1S/C15H19NO2/c1-9-11-6-5-10(16)7-13(11)18-14(17)12(9)8-15(2,3)4/h5-7H,8,16H2,1-4H3. The maximum Gasteiger partial charge on any atom is 0.339 e. The Morgan fingerprint density at radius 3 is 2.56 bits per heavy atom. The Morgan fingerprint density at radius 1 is 1.28 bits per heavy atom. The Hall–Kier alpha value is -1.77. The lowest BCUT2D eigenvalue weighted by Gasteiger charge is -2.19. The summed E-state index contributed by atoms with van der Waals surface area (Å²) in [5.74, 6) is 0. The molecule has 0 aliphatic rings. The van der Waals surface area contributed by atoms with Crippen LogP contribution in [0, 0.1) is 12.3 Å². The third-order valence-electron chi connectivity index (χ3n) is 3.02. The normalized spacial score (nSPS) is 12.0. The van der Waals surface area contributed by atoms with Crippen molar-refractivity contribution in [2.24, 2.45) is 5.41 Å². The highest BCUT2D eigenvalue weighted by Gasteiger charge is 2.18. The molecule has 2 N–H and O–H groups in total. The van der Waals surface area contributed by atoms with Crippen LogP contribution in [0.2, 0.25) is 0 Å². The van der Waals surface area contributed by atoms with E-state index >= 15 is 0 Å². The topological polar surface area (TPSA) is 56.2 Å². The molecule has 1 aromatic heterocycles. The largest absolute Gasteiger partial charge is 0.422 e. The lowest BCUT2D eigenvalue weighted by molar-refractivity contribution is 0.400. The minimum atomic E-state index is -0.250. The van der Waals surface area contributed by atoms with Crippen molar-refractivity contribution in [3.8, 4) is 0 Å². The fourth-order valence-corrected chi connectivity index (χ4v) is 2.15. The lowest BCUT2D eigenvalue weighted by Crippen LogP contribution is -2.18. The van der Waals surface area contributed by atoms with Crippen LogP contribution in [0.5, 0.6) is 0 Å². The SMILES string of the molecule is Cc1c(CC(C)(C)C)c(=O)oc2cc(N)ccc12. The first-order valence-corrected chi connectivity index (χ1v) is 6.10. The summed E-state index contributed by atoms with van der Waals surface area (Å²) >= 11 is 0. The number of rotatable bonds is 1. The third kappa shape index (κ3) is 2.40. The van der Waals surface area contributed by atoms with Crippen LogP contribution in [0.3, 0.4) is 0 Å². The van der Waals surface area contributed by atoms with E-state index in [0.717, 1.165) is 16.5 Å². The van der Waals surface area contributed by atoms with Crippen LogP contribution in [0.25, 0.3) is 11.0 Å². The van der Waals surface area contributed by atoms with Gasteiger partial charge in [0.1, 0.15) is 5.58 Å². The first-order valence-electron chi connectivity index (χ1n) is 6.10. The summed E-state index contributed by atoms with van der Waals surface area (Å²) in [6.07, 6.45) is 0.710. The van der Waals surface area contributed by atoms with Gasteiger partial charge in [-0.3, -0.25) is 0 Å². The van der Waals surface area contributed by atoms with Crippen molar-refractivity contribution in [2.75, 3.05) is 5.73 Å². The van der Waals surface area contributed by atoms with E-state index in [4.69, 9.17) is 10.2 Å². The molecular formula is C15H19NO2. The number of hydrogen-bond donors (Lipinski definition) is 1. The molecule has 96 valence electrons. The smallest absolute Gasteiger partial charge is 0.339 e. The molecule has 0 amide bonds. The van der Waals surface area contributed by atoms with Gasteiger partial charge in [0.05, 0.1) is 0 Å². The zero-order valence-electron chi connectivity index (χ0n) is 11.3. The predicted molar refractivity (Wildman–Crippen MR) is 74.8 cm³/mol. The van der Waals surface area contributed by atoms with Crippen molar-refractivity contribution < 1.29 is 4.42 Å². The summed E-state index contributed by atoms with van der Waals surface area (Å²) in [5, 5.41) is 0.961. The first kappa shape index (κ1) is 12.7. The van der Waals surface area contributed by atoms with Crippen molar-refractivity contribution in [1.29, 1.82) is 0 Å². The Bertz CT molecular complexity index is 648. The van der Waals surface area contributed by atoms with Crippen LogP contribution in [0.1, 0.15) is 31.9 Å². The molecule has 2 aromatic rings. The van der Waals surface area contributed by atoms with E-state index in [1.807, 2.05) is 19.1 Å². The molecule has 18 heavy (non-hydrogen) atoms. The van der Waals surface area contributed by atoms with Gasteiger partial charge in [0, 0.05) is 22.7 Å². The molecule has 2 rings (SSSR count). The monoisotopic (exact) mass is 245 g/mol. The first-order chi connectivity index (χ1) is 8.28. The number of benzene rings is 1. The summed E-state index contributed by atoms with van der Waals surface area (Å²) in [6, 6.07) is 5.44. The molecule has 0 aliphatic carbocycles. The maximum absolute atomic E-state index is 12.0. The molecule has 0 atom stereocenters. The molecule has 0 spiro atoms. The van der Waals surface area contributed by atoms with Crippen LogP contribution in [0.15, 0.2) is 27.4 Å². The van der Waals surface area contributed by atoms with E-state index in [2.05, 4.69) is 20.8 Å². The van der Waals surface area contributed by atoms with Crippen molar-refractivity contribution in [2.45, 2.75) is 34.1 Å². The molecule has 3 nitrogen and oxygen atoms in total. The minimum absolute atomic E-state index is 0.0565. The lowest BCUT2D eigenvalue weighted by atomic mass is 9.86. The van der Waals surface area contributed by atoms with Gasteiger partial charge in [-0.05, 0) is 36.5 Å². The second kappa shape index (κ2) is 4.16. The van der Waals surface area contributed by atoms with Crippen molar-refractivity contribution >= 4 is 16.7 Å². The molecule has 0 saturated heterocycles. The van der Waals surface area contributed by atoms with E-state index in [-0.39, 0.29) is 11.0 Å². The number of nitrogens with two attached hydrogens (primary N) is 1. The minimum Gasteiger partial charge on any atom is -0.422 e. The summed E-state index contributed by atoms with van der Waals surface area (Å²) in [4.78, 5) is 12.0. The van der Waals surface area contributed by atoms with E-state index in [0.29, 0.717) is 17.7 Å². The maximum atomic E-state index is 12.0. The van der Waals surface area contributed by atoms with Crippen LogP contribution < -0.4 is 11.4 Å². The number of aryl methyl sites for hydroxylation is 1. The van der Waals surface area contributed by atoms with Crippen LogP contribution >= 0.6 is 0 Å². The molecule has 1 heterocycles. The van der Waals surface area contributed by atoms with Gasteiger partial charge in [-0.25, -0.2) is 4.79 Å². The van der Waals surface area contributed by atoms with Crippen LogP contribution in [-0.4, -0.2) is 0 Å². The summed E-state index contributed by atoms with van der Waals surface area (Å²) in [5.41, 5.74) is 8.44. The van der Waals surface area contributed by atoms with E-state index in [1.54, 1.807) is 6.07 Å². The third-order valence-corrected chi connectivity index (χ3v) is 3.02. The molecule has 0 radical (unpaired) electrons. The van der Waals surface area contributed by atoms with Gasteiger partial charge in [-0.2, -0.15) is 0 Å². The molecule has 0 saturated carbocycles. The van der Waals surface area contributed by atoms with Gasteiger partial charge >= 0.3 is 5.63 Å². The summed E-state index contributed by atoms with van der Waals surface area (Å²) in [6.45, 7) is 8.30. The van der Waals surface area contributed by atoms with E-state index < -0.39 is 0 Å². The predicted octanol–water partition coefficient (Wildman–Crippen LogP) is 3.27. The van der Waals surface area contributed by atoms with Gasteiger partial charge in [0.15, 0.2) is 0 Å². The highest BCUT2D eigenvalue weighted by molar-refractivity contribution is 5.83. The number of hydrogen-bond acceptors (Lipinski definition) is 3. The Morgan fingerprint density at radius 2 is 1.94 bits per heavy atom. The number of nitrogen functional groups attached to an aromatic ring is 1. The number of fused-ring (bicyclic) bond motifs is 1. The van der Waals surface area contributed by atoms with Crippen molar-refractivity contribution in [3.05, 3.63) is 39.7 Å². The van der Waals surface area contributed by atoms with E-state index in [1.165, 1.54) is 0 Å². The Kier molecular flexibility index (Phi) is 2.93. The highest BCUT2D eigenvalue weighted by Crippen LogP contribution is 2.26. The second-order valence-electron chi connectivity index (χ2n) is 5.99. The van der Waals surface area contributed by atoms with Gasteiger partial charge in [-0.1, -0.05) is 20.8 Å². The van der Waals surface area contributed by atoms with Gasteiger partial charge in [-0.15, -0.1) is 0 Å². The van der Waals surface area contributed by atoms with Crippen molar-refractivity contribution in [1.82, 2.24) is 0 Å². The Balaban J connectivity index is 2.70. The molecule has 0 unspecified atom stereocenters. The van der Waals surface area contributed by atoms with Gasteiger partial charge in [0.25, 0.3) is 0 Å². The van der Waals surface area contributed by atoms with Crippen LogP contribution in [-0.2, 0) is 6.42 Å². The van der Waals surface area contributed by atoms with Gasteiger partial charge < -0.3 is 10.2 Å².